The van der Waals surface area contributed by atoms with Crippen molar-refractivity contribution in [1.82, 2.24) is 0 Å². The summed E-state index contributed by atoms with van der Waals surface area (Å²) >= 11 is 0. The number of hydrogen-bond acceptors (Lipinski definition) is 1. The summed E-state index contributed by atoms with van der Waals surface area (Å²) in [5.74, 6) is 8.77. The minimum Gasteiger partial charge on any atom is -0.481 e. The predicted octanol–water partition coefficient (Wildman–Crippen LogP) is 0.488. The third-order valence-electron chi connectivity index (χ3n) is 0.516. The van der Waals surface area contributed by atoms with E-state index in [2.05, 4.69) is 23.7 Å². The lowest BCUT2D eigenvalue weighted by Gasteiger charge is -1.73. The first kappa shape index (κ1) is 7.59. The fourth-order valence-corrected chi connectivity index (χ4v) is 0.227. The Balaban J connectivity index is 3.59. The first-order valence-electron chi connectivity index (χ1n) is 2.38. The topological polar surface area (TPSA) is 37.3 Å². The monoisotopic (exact) mass is 122 g/mol. The summed E-state index contributed by atoms with van der Waals surface area (Å²) in [5.41, 5.74) is 0. The molecular weight excluding hydrogens is 116 g/mol. The van der Waals surface area contributed by atoms with Crippen molar-refractivity contribution in [2.75, 3.05) is 0 Å². The van der Waals surface area contributed by atoms with Gasteiger partial charge in [0, 0.05) is 0 Å². The fraction of sp³-hybridized carbons (Fsp3) is 0.286. The normalized spacial score (nSPS) is 5.89. The van der Waals surface area contributed by atoms with E-state index in [1.54, 1.807) is 6.92 Å². The van der Waals surface area contributed by atoms with Crippen LogP contribution in [0.5, 0.6) is 0 Å². The van der Waals surface area contributed by atoms with Crippen LogP contribution in [0.2, 0.25) is 0 Å². The van der Waals surface area contributed by atoms with Gasteiger partial charge in [0.05, 0.1) is 0 Å². The van der Waals surface area contributed by atoms with Crippen molar-refractivity contribution in [2.45, 2.75) is 13.3 Å². The first-order valence-corrected chi connectivity index (χ1v) is 2.38. The van der Waals surface area contributed by atoms with Crippen LogP contribution < -0.4 is 0 Å². The molecule has 46 valence electrons. The minimum atomic E-state index is -0.916. The van der Waals surface area contributed by atoms with Crippen molar-refractivity contribution in [3.05, 3.63) is 0 Å². The Kier molecular flexibility index (Phi) is 4.00. The summed E-state index contributed by atoms with van der Waals surface area (Å²) in [6, 6.07) is 0. The van der Waals surface area contributed by atoms with Gasteiger partial charge in [0.15, 0.2) is 0 Å². The van der Waals surface area contributed by atoms with E-state index in [1.807, 2.05) is 0 Å². The molecule has 0 amide bonds. The number of carboxylic acids is 1. The third kappa shape index (κ3) is 6.59. The fourth-order valence-electron chi connectivity index (χ4n) is 0.227. The number of hydrogen-bond donors (Lipinski definition) is 1. The van der Waals surface area contributed by atoms with Crippen LogP contribution in [0.15, 0.2) is 0 Å². The quantitative estimate of drug-likeness (QED) is 0.514. The highest BCUT2D eigenvalue weighted by Gasteiger charge is 1.86. The molecule has 0 rings (SSSR count). The van der Waals surface area contributed by atoms with Gasteiger partial charge < -0.3 is 5.11 Å². The zero-order chi connectivity index (χ0) is 7.11. The van der Waals surface area contributed by atoms with Gasteiger partial charge in [0.1, 0.15) is 6.42 Å². The average Bonchev–Trinajstić information content (AvgIpc) is 1.80. The zero-order valence-corrected chi connectivity index (χ0v) is 5.06. The molecule has 0 fully saturated rings. The molecule has 0 saturated carbocycles. The largest absolute Gasteiger partial charge is 0.481 e. The molecule has 0 bridgehead atoms. The SMILES string of the molecule is CC#CC#CCC(=O)O. The van der Waals surface area contributed by atoms with Crippen molar-refractivity contribution in [3.8, 4) is 23.7 Å². The molecule has 0 unspecified atom stereocenters. The molecule has 2 heteroatoms. The van der Waals surface area contributed by atoms with Gasteiger partial charge in [-0.1, -0.05) is 11.8 Å². The summed E-state index contributed by atoms with van der Waals surface area (Å²) in [6.45, 7) is 1.65. The second-order valence-corrected chi connectivity index (χ2v) is 1.25. The van der Waals surface area contributed by atoms with E-state index in [9.17, 15) is 4.79 Å². The van der Waals surface area contributed by atoms with Crippen LogP contribution >= 0.6 is 0 Å². The maximum atomic E-state index is 9.81. The lowest BCUT2D eigenvalue weighted by molar-refractivity contribution is -0.135. The van der Waals surface area contributed by atoms with Gasteiger partial charge in [0.2, 0.25) is 0 Å². The maximum Gasteiger partial charge on any atom is 0.315 e. The van der Waals surface area contributed by atoms with E-state index < -0.39 is 5.97 Å². The lowest BCUT2D eigenvalue weighted by Crippen LogP contribution is -1.89. The molecule has 0 aliphatic rings. The smallest absolute Gasteiger partial charge is 0.315 e. The van der Waals surface area contributed by atoms with Crippen LogP contribution in [0.4, 0.5) is 0 Å². The van der Waals surface area contributed by atoms with E-state index in [1.165, 1.54) is 0 Å². The highest BCUT2D eigenvalue weighted by molar-refractivity contribution is 5.70. The molecule has 0 aromatic heterocycles. The van der Waals surface area contributed by atoms with Crippen molar-refractivity contribution in [2.24, 2.45) is 0 Å². The van der Waals surface area contributed by atoms with E-state index in [-0.39, 0.29) is 6.42 Å². The summed E-state index contributed by atoms with van der Waals surface area (Å²) in [6.07, 6.45) is -0.130. The van der Waals surface area contributed by atoms with Crippen molar-refractivity contribution < 1.29 is 9.90 Å². The number of carbonyl (C=O) groups is 1. The minimum absolute atomic E-state index is 0.130. The number of carboxylic acid groups (broad SMARTS) is 1. The van der Waals surface area contributed by atoms with E-state index in [4.69, 9.17) is 5.11 Å². The Labute approximate surface area is 53.9 Å². The molecule has 9 heavy (non-hydrogen) atoms. The highest BCUT2D eigenvalue weighted by Crippen LogP contribution is 1.71. The van der Waals surface area contributed by atoms with Crippen LogP contribution in [0.1, 0.15) is 13.3 Å². The highest BCUT2D eigenvalue weighted by atomic mass is 16.4. The molecule has 0 atom stereocenters. The number of rotatable bonds is 1. The number of aliphatic carboxylic acids is 1. The Bertz CT molecular complexity index is 207. The molecule has 0 aliphatic carbocycles. The molecule has 0 aliphatic heterocycles. The van der Waals surface area contributed by atoms with Crippen LogP contribution in [-0.4, -0.2) is 11.1 Å². The van der Waals surface area contributed by atoms with Gasteiger partial charge >= 0.3 is 5.97 Å². The zero-order valence-electron chi connectivity index (χ0n) is 5.06. The summed E-state index contributed by atoms with van der Waals surface area (Å²) in [4.78, 5) is 9.81. The van der Waals surface area contributed by atoms with Crippen molar-refractivity contribution in [1.29, 1.82) is 0 Å². The molecule has 0 saturated heterocycles. The Hall–Kier alpha value is -1.41. The van der Waals surface area contributed by atoms with Crippen LogP contribution in [-0.2, 0) is 4.79 Å². The third-order valence-corrected chi connectivity index (χ3v) is 0.516. The van der Waals surface area contributed by atoms with Crippen molar-refractivity contribution >= 4 is 5.97 Å². The van der Waals surface area contributed by atoms with Crippen LogP contribution in [0.25, 0.3) is 0 Å². The van der Waals surface area contributed by atoms with Gasteiger partial charge in [-0.25, -0.2) is 0 Å². The summed E-state index contributed by atoms with van der Waals surface area (Å²) in [5, 5.41) is 8.06. The molecule has 0 heterocycles. The molecule has 1 N–H and O–H groups in total. The van der Waals surface area contributed by atoms with Gasteiger partial charge in [-0.2, -0.15) is 0 Å². The van der Waals surface area contributed by atoms with Crippen LogP contribution in [0.3, 0.4) is 0 Å². The average molecular weight is 122 g/mol. The standard InChI is InChI=1S/C7H6O2/c1-2-3-4-5-6-7(8)9/h6H2,1H3,(H,8,9). The molecule has 0 radical (unpaired) electrons. The Morgan fingerprint density at radius 2 is 2.22 bits per heavy atom. The van der Waals surface area contributed by atoms with E-state index in [0.717, 1.165) is 0 Å². The van der Waals surface area contributed by atoms with Gasteiger partial charge in [-0.05, 0) is 18.8 Å². The molecular formula is C7H6O2. The first-order chi connectivity index (χ1) is 4.27. The second-order valence-electron chi connectivity index (χ2n) is 1.25. The van der Waals surface area contributed by atoms with Crippen LogP contribution in [0, 0.1) is 23.7 Å². The van der Waals surface area contributed by atoms with E-state index >= 15 is 0 Å². The summed E-state index contributed by atoms with van der Waals surface area (Å²) < 4.78 is 0. The van der Waals surface area contributed by atoms with E-state index in [0.29, 0.717) is 0 Å². The maximum absolute atomic E-state index is 9.81. The van der Waals surface area contributed by atoms with Gasteiger partial charge in [0.25, 0.3) is 0 Å². The second kappa shape index (κ2) is 4.74. The molecule has 2 nitrogen and oxygen atoms in total. The molecule has 0 aromatic rings. The Morgan fingerprint density at radius 3 is 2.67 bits per heavy atom. The van der Waals surface area contributed by atoms with Crippen molar-refractivity contribution in [3.63, 3.8) is 0 Å². The molecule has 0 aromatic carbocycles. The molecule has 0 spiro atoms. The van der Waals surface area contributed by atoms with Gasteiger partial charge in [-0.3, -0.25) is 4.79 Å². The van der Waals surface area contributed by atoms with Gasteiger partial charge in [-0.15, -0.1) is 0 Å². The Morgan fingerprint density at radius 1 is 1.56 bits per heavy atom. The summed E-state index contributed by atoms with van der Waals surface area (Å²) in [7, 11) is 0. The lowest BCUT2D eigenvalue weighted by atomic mass is 10.4. The predicted molar refractivity (Wildman–Crippen MR) is 33.5 cm³/mol.